The van der Waals surface area contributed by atoms with Crippen molar-refractivity contribution in [3.63, 3.8) is 0 Å². The maximum absolute atomic E-state index is 10.7. The molecule has 1 aromatic rings. The summed E-state index contributed by atoms with van der Waals surface area (Å²) in [6.45, 7) is 3.94. The van der Waals surface area contributed by atoms with Crippen LogP contribution in [0.15, 0.2) is 0 Å². The van der Waals surface area contributed by atoms with E-state index in [1.807, 2.05) is 13.8 Å². The summed E-state index contributed by atoms with van der Waals surface area (Å²) in [5.41, 5.74) is 11.4. The molecule has 1 atom stereocenters. The second kappa shape index (κ2) is 5.83. The maximum Gasteiger partial charge on any atom is 0.303 e. The minimum atomic E-state index is -0.854. The van der Waals surface area contributed by atoms with Gasteiger partial charge in [-0.3, -0.25) is 4.79 Å². The lowest BCUT2D eigenvalue weighted by molar-refractivity contribution is -0.137. The molecule has 0 heterocycles. The van der Waals surface area contributed by atoms with Crippen molar-refractivity contribution in [2.45, 2.75) is 58.4 Å². The van der Waals surface area contributed by atoms with Crippen LogP contribution in [-0.2, 0) is 17.6 Å². The maximum atomic E-state index is 10.7. The number of benzene rings is 1. The quantitative estimate of drug-likeness (QED) is 0.790. The van der Waals surface area contributed by atoms with E-state index in [1.165, 1.54) is 17.5 Å². The highest BCUT2D eigenvalue weighted by Crippen LogP contribution is 2.39. The first-order valence-electron chi connectivity index (χ1n) is 7.24. The number of nitrogens with two attached hydrogens (primary N) is 1. The molecule has 0 aliphatic heterocycles. The van der Waals surface area contributed by atoms with Crippen molar-refractivity contribution in [1.82, 2.24) is 0 Å². The first-order chi connectivity index (χ1) is 9.43. The van der Waals surface area contributed by atoms with Crippen LogP contribution in [0, 0.1) is 13.8 Å². The monoisotopic (exact) mass is 277 g/mol. The third kappa shape index (κ3) is 2.66. The smallest absolute Gasteiger partial charge is 0.303 e. The summed E-state index contributed by atoms with van der Waals surface area (Å²) in [7, 11) is 0. The van der Waals surface area contributed by atoms with Gasteiger partial charge < -0.3 is 15.9 Å². The second-order valence-electron chi connectivity index (χ2n) is 5.72. The van der Waals surface area contributed by atoms with Gasteiger partial charge in [0.05, 0.1) is 0 Å². The van der Waals surface area contributed by atoms with Gasteiger partial charge in [-0.2, -0.15) is 0 Å². The highest BCUT2D eigenvalue weighted by molar-refractivity contribution is 5.67. The lowest BCUT2D eigenvalue weighted by Gasteiger charge is -2.26. The zero-order valence-corrected chi connectivity index (χ0v) is 12.2. The standard InChI is InChI=1S/C16H23NO3/c1-9-11-5-3-4-6-12(11)10(2)16(20)15(9)13(17)7-8-14(18)19/h13,20H,3-8,17H2,1-2H3,(H,18,19). The van der Waals surface area contributed by atoms with E-state index in [9.17, 15) is 9.90 Å². The molecule has 1 unspecified atom stereocenters. The molecule has 4 heteroatoms. The topological polar surface area (TPSA) is 83.5 Å². The molecule has 0 fully saturated rings. The van der Waals surface area contributed by atoms with Crippen molar-refractivity contribution < 1.29 is 15.0 Å². The van der Waals surface area contributed by atoms with E-state index in [-0.39, 0.29) is 12.2 Å². The van der Waals surface area contributed by atoms with Crippen molar-refractivity contribution in [2.75, 3.05) is 0 Å². The molecular weight excluding hydrogens is 254 g/mol. The van der Waals surface area contributed by atoms with Gasteiger partial charge >= 0.3 is 5.97 Å². The van der Waals surface area contributed by atoms with Gasteiger partial charge in [0.2, 0.25) is 0 Å². The van der Waals surface area contributed by atoms with Gasteiger partial charge in [-0.05, 0) is 68.2 Å². The molecule has 1 aliphatic carbocycles. The van der Waals surface area contributed by atoms with E-state index in [0.717, 1.165) is 36.0 Å². The van der Waals surface area contributed by atoms with Crippen LogP contribution in [0.3, 0.4) is 0 Å². The highest BCUT2D eigenvalue weighted by Gasteiger charge is 2.24. The predicted octanol–water partition coefficient (Wildman–Crippen LogP) is 2.75. The molecule has 20 heavy (non-hydrogen) atoms. The van der Waals surface area contributed by atoms with Crippen LogP contribution in [0.25, 0.3) is 0 Å². The Morgan fingerprint density at radius 3 is 2.30 bits per heavy atom. The van der Waals surface area contributed by atoms with Gasteiger partial charge in [-0.1, -0.05) is 0 Å². The molecule has 0 saturated heterocycles. The summed E-state index contributed by atoms with van der Waals surface area (Å²) in [5, 5.41) is 19.2. The Morgan fingerprint density at radius 1 is 1.20 bits per heavy atom. The Labute approximate surface area is 119 Å². The average molecular weight is 277 g/mol. The lowest BCUT2D eigenvalue weighted by Crippen LogP contribution is -2.17. The number of fused-ring (bicyclic) bond motifs is 1. The van der Waals surface area contributed by atoms with E-state index < -0.39 is 12.0 Å². The Hall–Kier alpha value is -1.55. The number of phenolic OH excluding ortho intramolecular Hbond substituents is 1. The van der Waals surface area contributed by atoms with Crippen LogP contribution in [0.5, 0.6) is 5.75 Å². The fourth-order valence-electron chi connectivity index (χ4n) is 3.30. The summed E-state index contributed by atoms with van der Waals surface area (Å²) >= 11 is 0. The van der Waals surface area contributed by atoms with Gasteiger partial charge in [0, 0.05) is 18.0 Å². The molecule has 2 rings (SSSR count). The van der Waals surface area contributed by atoms with Gasteiger partial charge in [0.25, 0.3) is 0 Å². The number of carboxylic acids is 1. The third-order valence-electron chi connectivity index (χ3n) is 4.43. The predicted molar refractivity (Wildman–Crippen MR) is 78.0 cm³/mol. The molecule has 0 aromatic heterocycles. The van der Waals surface area contributed by atoms with E-state index in [1.54, 1.807) is 0 Å². The van der Waals surface area contributed by atoms with Crippen LogP contribution in [0.1, 0.15) is 59.5 Å². The molecule has 1 aliphatic rings. The molecule has 4 nitrogen and oxygen atoms in total. The summed E-state index contributed by atoms with van der Waals surface area (Å²) in [6, 6.07) is -0.419. The molecule has 4 N–H and O–H groups in total. The number of rotatable bonds is 4. The molecule has 0 amide bonds. The van der Waals surface area contributed by atoms with Crippen molar-refractivity contribution in [3.05, 3.63) is 27.8 Å². The van der Waals surface area contributed by atoms with E-state index in [4.69, 9.17) is 10.8 Å². The van der Waals surface area contributed by atoms with Crippen LogP contribution >= 0.6 is 0 Å². The molecular formula is C16H23NO3. The Balaban J connectivity index is 2.42. The molecule has 0 saturated carbocycles. The molecule has 1 aromatic carbocycles. The summed E-state index contributed by atoms with van der Waals surface area (Å²) < 4.78 is 0. The fraction of sp³-hybridized carbons (Fsp3) is 0.562. The normalized spacial score (nSPS) is 15.8. The number of aromatic hydroxyl groups is 1. The minimum Gasteiger partial charge on any atom is -0.507 e. The van der Waals surface area contributed by atoms with Crippen LogP contribution in [0.4, 0.5) is 0 Å². The van der Waals surface area contributed by atoms with Crippen molar-refractivity contribution in [3.8, 4) is 5.75 Å². The summed E-state index contributed by atoms with van der Waals surface area (Å²) in [4.78, 5) is 10.7. The highest BCUT2D eigenvalue weighted by atomic mass is 16.4. The van der Waals surface area contributed by atoms with E-state index in [2.05, 4.69) is 0 Å². The number of carboxylic acid groups (broad SMARTS) is 1. The fourth-order valence-corrected chi connectivity index (χ4v) is 3.30. The lowest BCUT2D eigenvalue weighted by atomic mass is 9.81. The van der Waals surface area contributed by atoms with Crippen molar-refractivity contribution in [1.29, 1.82) is 0 Å². The van der Waals surface area contributed by atoms with Gasteiger partial charge in [0.15, 0.2) is 0 Å². The minimum absolute atomic E-state index is 0.0240. The number of hydrogen-bond donors (Lipinski definition) is 3. The average Bonchev–Trinajstić information content (AvgIpc) is 2.43. The largest absolute Gasteiger partial charge is 0.507 e. The van der Waals surface area contributed by atoms with Gasteiger partial charge in [0.1, 0.15) is 5.75 Å². The SMILES string of the molecule is Cc1c(O)c(C(N)CCC(=O)O)c(C)c2c1CCCC2. The van der Waals surface area contributed by atoms with Crippen molar-refractivity contribution in [2.24, 2.45) is 5.73 Å². The van der Waals surface area contributed by atoms with Crippen LogP contribution in [-0.4, -0.2) is 16.2 Å². The summed E-state index contributed by atoms with van der Waals surface area (Å²) in [6.07, 6.45) is 4.75. The van der Waals surface area contributed by atoms with E-state index >= 15 is 0 Å². The summed E-state index contributed by atoms with van der Waals surface area (Å²) in [5.74, 6) is -0.590. The number of hydrogen-bond acceptors (Lipinski definition) is 3. The molecule has 0 bridgehead atoms. The Bertz CT molecular complexity index is 537. The number of aliphatic carboxylic acids is 1. The first-order valence-corrected chi connectivity index (χ1v) is 7.24. The van der Waals surface area contributed by atoms with Crippen LogP contribution in [0.2, 0.25) is 0 Å². The van der Waals surface area contributed by atoms with E-state index in [0.29, 0.717) is 6.42 Å². The second-order valence-corrected chi connectivity index (χ2v) is 5.72. The Kier molecular flexibility index (Phi) is 4.33. The van der Waals surface area contributed by atoms with Gasteiger partial charge in [-0.25, -0.2) is 0 Å². The molecule has 0 spiro atoms. The Morgan fingerprint density at radius 2 is 1.75 bits per heavy atom. The van der Waals surface area contributed by atoms with Crippen LogP contribution < -0.4 is 5.73 Å². The number of phenols is 1. The molecule has 0 radical (unpaired) electrons. The zero-order chi connectivity index (χ0) is 14.9. The first kappa shape index (κ1) is 14.9. The number of carbonyl (C=O) groups is 1. The van der Waals surface area contributed by atoms with Gasteiger partial charge in [-0.15, -0.1) is 0 Å². The van der Waals surface area contributed by atoms with Crippen molar-refractivity contribution >= 4 is 5.97 Å². The molecule has 110 valence electrons. The zero-order valence-electron chi connectivity index (χ0n) is 12.2. The third-order valence-corrected chi connectivity index (χ3v) is 4.43.